The lowest BCUT2D eigenvalue weighted by atomic mass is 10.1. The molecular weight excluding hydrogens is 429 g/mol. The van der Waals surface area contributed by atoms with Crippen LogP contribution in [0.15, 0.2) is 101 Å². The van der Waals surface area contributed by atoms with E-state index in [2.05, 4.69) is 15.1 Å². The van der Waals surface area contributed by atoms with Gasteiger partial charge in [-0.05, 0) is 54.7 Å². The Hall–Kier alpha value is -4.10. The van der Waals surface area contributed by atoms with Crippen molar-refractivity contribution in [2.24, 2.45) is 10.7 Å². The Balaban J connectivity index is 1.78. The van der Waals surface area contributed by atoms with E-state index in [4.69, 9.17) is 17.3 Å². The highest BCUT2D eigenvalue weighted by atomic mass is 35.5. The van der Waals surface area contributed by atoms with Crippen molar-refractivity contribution >= 4 is 23.0 Å². The van der Waals surface area contributed by atoms with Gasteiger partial charge in [-0.2, -0.15) is 5.10 Å². The van der Waals surface area contributed by atoms with E-state index < -0.39 is 5.82 Å². The quantitative estimate of drug-likeness (QED) is 0.452. The summed E-state index contributed by atoms with van der Waals surface area (Å²) >= 11 is 6.02. The first-order chi connectivity index (χ1) is 15.5. The maximum Gasteiger partial charge on any atom is 0.209 e. The first kappa shape index (κ1) is 21.1. The molecule has 158 valence electrons. The van der Waals surface area contributed by atoms with Crippen molar-refractivity contribution in [3.05, 3.63) is 118 Å². The van der Waals surface area contributed by atoms with E-state index in [1.165, 1.54) is 35.3 Å². The zero-order valence-electron chi connectivity index (χ0n) is 16.7. The molecule has 0 saturated carbocycles. The molecule has 0 aliphatic heterocycles. The Labute approximate surface area is 188 Å². The number of pyridine rings is 1. The van der Waals surface area contributed by atoms with Crippen LogP contribution in [0.25, 0.3) is 16.9 Å². The fraction of sp³-hybridized carbons (Fsp3) is 0. The van der Waals surface area contributed by atoms with Crippen molar-refractivity contribution in [3.63, 3.8) is 0 Å². The standard InChI is InChI=1S/C24H17ClFN5O/c25-17-4-3-5-18(15-17)29-21(9-11-27)24-23(32)10-13-31(30-24)22-8-7-16(14-19(22)26)20-6-1-2-12-28-20/h1-15H,27H2. The summed E-state index contributed by atoms with van der Waals surface area (Å²) in [5, 5.41) is 4.82. The van der Waals surface area contributed by atoms with Crippen molar-refractivity contribution in [1.82, 2.24) is 14.8 Å². The number of allylic oxidation sites excluding steroid dienone is 1. The van der Waals surface area contributed by atoms with E-state index in [1.807, 2.05) is 6.07 Å². The van der Waals surface area contributed by atoms with Gasteiger partial charge in [0.2, 0.25) is 5.43 Å². The Morgan fingerprint density at radius 2 is 1.97 bits per heavy atom. The summed E-state index contributed by atoms with van der Waals surface area (Å²) in [5.74, 6) is -0.516. The van der Waals surface area contributed by atoms with Gasteiger partial charge in [-0.3, -0.25) is 9.78 Å². The van der Waals surface area contributed by atoms with Crippen LogP contribution in [-0.2, 0) is 0 Å². The lowest BCUT2D eigenvalue weighted by molar-refractivity contribution is 0.608. The number of aliphatic imine (C=N–C) groups is 1. The van der Waals surface area contributed by atoms with Crippen LogP contribution >= 0.6 is 11.6 Å². The fourth-order valence-corrected chi connectivity index (χ4v) is 3.23. The van der Waals surface area contributed by atoms with Gasteiger partial charge in [-0.25, -0.2) is 14.1 Å². The number of hydrogen-bond donors (Lipinski definition) is 1. The maximum absolute atomic E-state index is 14.9. The molecule has 6 nitrogen and oxygen atoms in total. The SMILES string of the molecule is NC=CC(=Nc1cccc(Cl)c1)c1nn(-c2ccc(-c3ccccn3)cc2F)ccc1=O. The second-order valence-electron chi connectivity index (χ2n) is 6.69. The summed E-state index contributed by atoms with van der Waals surface area (Å²) in [5.41, 5.74) is 7.38. The molecule has 4 rings (SSSR count). The molecule has 0 saturated heterocycles. The zero-order valence-corrected chi connectivity index (χ0v) is 17.4. The normalized spacial score (nSPS) is 11.8. The molecule has 2 heterocycles. The second-order valence-corrected chi connectivity index (χ2v) is 7.13. The Morgan fingerprint density at radius 1 is 1.09 bits per heavy atom. The minimum Gasteiger partial charge on any atom is -0.405 e. The Morgan fingerprint density at radius 3 is 2.69 bits per heavy atom. The smallest absolute Gasteiger partial charge is 0.209 e. The summed E-state index contributed by atoms with van der Waals surface area (Å²) in [4.78, 5) is 21.2. The third kappa shape index (κ3) is 4.63. The predicted molar refractivity (Wildman–Crippen MR) is 124 cm³/mol. The van der Waals surface area contributed by atoms with Crippen LogP contribution in [0.1, 0.15) is 5.69 Å². The molecule has 0 amide bonds. The summed E-state index contributed by atoms with van der Waals surface area (Å²) in [6, 6.07) is 18.2. The average Bonchev–Trinajstić information content (AvgIpc) is 2.80. The minimum atomic E-state index is -0.516. The highest BCUT2D eigenvalue weighted by molar-refractivity contribution is 6.30. The molecule has 32 heavy (non-hydrogen) atoms. The van der Waals surface area contributed by atoms with E-state index in [9.17, 15) is 9.18 Å². The van der Waals surface area contributed by atoms with Gasteiger partial charge >= 0.3 is 0 Å². The molecule has 0 fully saturated rings. The van der Waals surface area contributed by atoms with Gasteiger partial charge in [0.05, 0.1) is 17.1 Å². The molecule has 0 bridgehead atoms. The Kier molecular flexibility index (Phi) is 6.19. The molecule has 0 spiro atoms. The van der Waals surface area contributed by atoms with Crippen molar-refractivity contribution in [2.45, 2.75) is 0 Å². The minimum absolute atomic E-state index is 0.0161. The second kappa shape index (κ2) is 9.36. The van der Waals surface area contributed by atoms with E-state index in [1.54, 1.807) is 54.7 Å². The van der Waals surface area contributed by atoms with Crippen LogP contribution in [0, 0.1) is 5.82 Å². The van der Waals surface area contributed by atoms with E-state index in [0.717, 1.165) is 0 Å². The summed E-state index contributed by atoms with van der Waals surface area (Å²) in [7, 11) is 0. The monoisotopic (exact) mass is 445 g/mol. The fourth-order valence-electron chi connectivity index (χ4n) is 3.05. The zero-order chi connectivity index (χ0) is 22.5. The highest BCUT2D eigenvalue weighted by Crippen LogP contribution is 2.22. The summed E-state index contributed by atoms with van der Waals surface area (Å²) in [6.45, 7) is 0. The number of rotatable bonds is 5. The van der Waals surface area contributed by atoms with Crippen molar-refractivity contribution < 1.29 is 4.39 Å². The third-order valence-corrected chi connectivity index (χ3v) is 4.75. The highest BCUT2D eigenvalue weighted by Gasteiger charge is 2.13. The van der Waals surface area contributed by atoms with Gasteiger partial charge in [0.25, 0.3) is 0 Å². The molecule has 0 unspecified atom stereocenters. The first-order valence-corrected chi connectivity index (χ1v) is 9.97. The maximum atomic E-state index is 14.9. The predicted octanol–water partition coefficient (Wildman–Crippen LogP) is 4.68. The largest absolute Gasteiger partial charge is 0.405 e. The van der Waals surface area contributed by atoms with E-state index >= 15 is 0 Å². The number of halogens is 2. The van der Waals surface area contributed by atoms with Gasteiger partial charge in [0.15, 0.2) is 5.69 Å². The summed E-state index contributed by atoms with van der Waals surface area (Å²) in [6.07, 6.45) is 5.75. The number of nitrogens with two attached hydrogens (primary N) is 1. The van der Waals surface area contributed by atoms with Crippen LogP contribution in [0.4, 0.5) is 10.1 Å². The van der Waals surface area contributed by atoms with Crippen molar-refractivity contribution in [1.29, 1.82) is 0 Å². The number of nitrogens with zero attached hydrogens (tertiary/aromatic N) is 4. The molecule has 2 aromatic carbocycles. The van der Waals surface area contributed by atoms with Gasteiger partial charge in [0.1, 0.15) is 11.5 Å². The molecule has 2 N–H and O–H groups in total. The molecule has 8 heteroatoms. The van der Waals surface area contributed by atoms with Crippen molar-refractivity contribution in [3.8, 4) is 16.9 Å². The van der Waals surface area contributed by atoms with Gasteiger partial charge in [-0.1, -0.05) is 29.8 Å². The third-order valence-electron chi connectivity index (χ3n) is 4.52. The van der Waals surface area contributed by atoms with Gasteiger partial charge < -0.3 is 5.73 Å². The average molecular weight is 446 g/mol. The lowest BCUT2D eigenvalue weighted by Gasteiger charge is -2.10. The Bertz CT molecular complexity index is 1380. The number of hydrogen-bond acceptors (Lipinski definition) is 5. The van der Waals surface area contributed by atoms with Crippen LogP contribution < -0.4 is 11.2 Å². The summed E-state index contributed by atoms with van der Waals surface area (Å²) < 4.78 is 16.2. The number of aromatic nitrogens is 3. The van der Waals surface area contributed by atoms with Crippen LogP contribution in [0.2, 0.25) is 5.02 Å². The number of benzene rings is 2. The molecule has 4 aromatic rings. The van der Waals surface area contributed by atoms with E-state index in [-0.39, 0.29) is 22.5 Å². The van der Waals surface area contributed by atoms with Crippen molar-refractivity contribution in [2.75, 3.05) is 0 Å². The van der Waals surface area contributed by atoms with Crippen LogP contribution in [0.3, 0.4) is 0 Å². The molecule has 2 aromatic heterocycles. The molecule has 0 radical (unpaired) electrons. The molecule has 0 atom stereocenters. The van der Waals surface area contributed by atoms with Crippen LogP contribution in [-0.4, -0.2) is 20.5 Å². The molecule has 0 aliphatic rings. The van der Waals surface area contributed by atoms with Crippen LogP contribution in [0.5, 0.6) is 0 Å². The van der Waals surface area contributed by atoms with E-state index in [0.29, 0.717) is 22.0 Å². The molecular formula is C24H17ClFN5O. The topological polar surface area (TPSA) is 86.2 Å². The van der Waals surface area contributed by atoms with Gasteiger partial charge in [0, 0.05) is 29.0 Å². The lowest BCUT2D eigenvalue weighted by Crippen LogP contribution is -2.20. The first-order valence-electron chi connectivity index (χ1n) is 9.59. The molecule has 0 aliphatic carbocycles. The van der Waals surface area contributed by atoms with Gasteiger partial charge in [-0.15, -0.1) is 0 Å².